The van der Waals surface area contributed by atoms with Gasteiger partial charge in [0, 0.05) is 5.92 Å². The summed E-state index contributed by atoms with van der Waals surface area (Å²) in [7, 11) is 1.35. The predicted molar refractivity (Wildman–Crippen MR) is 56.1 cm³/mol. The van der Waals surface area contributed by atoms with Crippen LogP contribution in [0.1, 0.15) is 33.1 Å². The summed E-state index contributed by atoms with van der Waals surface area (Å²) < 4.78 is 4.68. The van der Waals surface area contributed by atoms with Gasteiger partial charge in [-0.25, -0.2) is 4.79 Å². The molecule has 0 unspecified atom stereocenters. The number of amides is 1. The second-order valence-corrected chi connectivity index (χ2v) is 4.17. The van der Waals surface area contributed by atoms with Crippen LogP contribution in [0.25, 0.3) is 0 Å². The Bertz CT molecular complexity index is 248. The average molecular weight is 213 g/mol. The number of carbonyl (C=O) groups is 2. The first-order valence-corrected chi connectivity index (χ1v) is 5.48. The van der Waals surface area contributed by atoms with E-state index in [1.54, 1.807) is 0 Å². The van der Waals surface area contributed by atoms with E-state index in [4.69, 9.17) is 0 Å². The van der Waals surface area contributed by atoms with Crippen molar-refractivity contribution < 1.29 is 14.3 Å². The van der Waals surface area contributed by atoms with E-state index in [9.17, 15) is 9.59 Å². The largest absolute Gasteiger partial charge is 0.467 e. The van der Waals surface area contributed by atoms with Gasteiger partial charge in [-0.05, 0) is 18.8 Å². The van der Waals surface area contributed by atoms with Gasteiger partial charge in [0.15, 0.2) is 0 Å². The molecule has 1 saturated carbocycles. The zero-order valence-corrected chi connectivity index (χ0v) is 9.58. The summed E-state index contributed by atoms with van der Waals surface area (Å²) in [6, 6.07) is -0.493. The van der Waals surface area contributed by atoms with Crippen LogP contribution in [-0.2, 0) is 14.3 Å². The minimum Gasteiger partial charge on any atom is -0.467 e. The van der Waals surface area contributed by atoms with Crippen molar-refractivity contribution in [1.82, 2.24) is 5.32 Å². The SMILES string of the molecule is CC[C@H](C)[C@@H](NC(=O)C1CC1)C(=O)OC. The lowest BCUT2D eigenvalue weighted by Gasteiger charge is -2.21. The molecule has 0 bridgehead atoms. The molecule has 0 saturated heterocycles. The lowest BCUT2D eigenvalue weighted by atomic mass is 9.99. The van der Waals surface area contributed by atoms with Crippen LogP contribution >= 0.6 is 0 Å². The maximum atomic E-state index is 11.5. The summed E-state index contributed by atoms with van der Waals surface area (Å²) in [5.41, 5.74) is 0. The van der Waals surface area contributed by atoms with Crippen molar-refractivity contribution in [3.8, 4) is 0 Å². The fraction of sp³-hybridized carbons (Fsp3) is 0.818. The second kappa shape index (κ2) is 5.14. The van der Waals surface area contributed by atoms with E-state index in [0.717, 1.165) is 19.3 Å². The van der Waals surface area contributed by atoms with Gasteiger partial charge in [0.2, 0.25) is 5.91 Å². The zero-order chi connectivity index (χ0) is 11.4. The van der Waals surface area contributed by atoms with Crippen LogP contribution < -0.4 is 5.32 Å². The van der Waals surface area contributed by atoms with Gasteiger partial charge in [0.1, 0.15) is 6.04 Å². The highest BCUT2D eigenvalue weighted by Crippen LogP contribution is 2.29. The van der Waals surface area contributed by atoms with Crippen LogP contribution in [0.2, 0.25) is 0 Å². The van der Waals surface area contributed by atoms with Gasteiger partial charge in [-0.1, -0.05) is 20.3 Å². The highest BCUT2D eigenvalue weighted by atomic mass is 16.5. The summed E-state index contributed by atoms with van der Waals surface area (Å²) in [5, 5.41) is 2.77. The third-order valence-electron chi connectivity index (χ3n) is 2.91. The molecular weight excluding hydrogens is 194 g/mol. The van der Waals surface area contributed by atoms with Crippen LogP contribution in [-0.4, -0.2) is 25.0 Å². The number of methoxy groups -OCH3 is 1. The van der Waals surface area contributed by atoms with Crippen molar-refractivity contribution in [1.29, 1.82) is 0 Å². The van der Waals surface area contributed by atoms with E-state index in [1.807, 2.05) is 13.8 Å². The molecule has 0 heterocycles. The Hall–Kier alpha value is -1.06. The summed E-state index contributed by atoms with van der Waals surface area (Å²) in [4.78, 5) is 23.0. The Morgan fingerprint density at radius 1 is 1.47 bits per heavy atom. The Kier molecular flexibility index (Phi) is 4.12. The van der Waals surface area contributed by atoms with Gasteiger partial charge in [0.25, 0.3) is 0 Å². The quantitative estimate of drug-likeness (QED) is 0.696. The lowest BCUT2D eigenvalue weighted by molar-refractivity contribution is -0.146. The Morgan fingerprint density at radius 3 is 2.47 bits per heavy atom. The molecule has 0 aliphatic heterocycles. The predicted octanol–water partition coefficient (Wildman–Crippen LogP) is 1.10. The minimum absolute atomic E-state index is 0.00861. The fourth-order valence-electron chi connectivity index (χ4n) is 1.41. The molecular formula is C11H19NO3. The molecule has 15 heavy (non-hydrogen) atoms. The number of nitrogens with one attached hydrogen (secondary N) is 1. The van der Waals surface area contributed by atoms with Crippen molar-refractivity contribution in [2.45, 2.75) is 39.2 Å². The van der Waals surface area contributed by atoms with E-state index in [2.05, 4.69) is 10.1 Å². The van der Waals surface area contributed by atoms with Gasteiger partial charge in [-0.2, -0.15) is 0 Å². The molecule has 86 valence electrons. The molecule has 0 aromatic heterocycles. The molecule has 1 N–H and O–H groups in total. The van der Waals surface area contributed by atoms with E-state index < -0.39 is 6.04 Å². The molecule has 1 rings (SSSR count). The van der Waals surface area contributed by atoms with Gasteiger partial charge in [-0.15, -0.1) is 0 Å². The third kappa shape index (κ3) is 3.22. The molecule has 0 radical (unpaired) electrons. The van der Waals surface area contributed by atoms with Crippen molar-refractivity contribution >= 4 is 11.9 Å². The summed E-state index contributed by atoms with van der Waals surface area (Å²) in [6.45, 7) is 3.93. The molecule has 1 fully saturated rings. The molecule has 4 heteroatoms. The number of rotatable bonds is 5. The van der Waals surface area contributed by atoms with Crippen molar-refractivity contribution in [2.75, 3.05) is 7.11 Å². The Labute approximate surface area is 90.4 Å². The minimum atomic E-state index is -0.493. The van der Waals surface area contributed by atoms with Crippen LogP contribution in [0.4, 0.5) is 0 Å². The normalized spacial score (nSPS) is 19.1. The van der Waals surface area contributed by atoms with Crippen LogP contribution in [0.15, 0.2) is 0 Å². The summed E-state index contributed by atoms with van der Waals surface area (Å²) in [5.74, 6) is -0.120. The molecule has 4 nitrogen and oxygen atoms in total. The van der Waals surface area contributed by atoms with E-state index in [1.165, 1.54) is 7.11 Å². The van der Waals surface area contributed by atoms with Crippen molar-refractivity contribution in [2.24, 2.45) is 11.8 Å². The number of carbonyl (C=O) groups excluding carboxylic acids is 2. The molecule has 1 amide bonds. The smallest absolute Gasteiger partial charge is 0.328 e. The Balaban J connectivity index is 2.54. The highest BCUT2D eigenvalue weighted by molar-refractivity contribution is 5.87. The summed E-state index contributed by atoms with van der Waals surface area (Å²) in [6.07, 6.45) is 2.73. The van der Waals surface area contributed by atoms with E-state index in [-0.39, 0.29) is 23.7 Å². The molecule has 0 aromatic rings. The van der Waals surface area contributed by atoms with E-state index in [0.29, 0.717) is 0 Å². The van der Waals surface area contributed by atoms with Gasteiger partial charge in [0.05, 0.1) is 7.11 Å². The molecule has 2 atom stereocenters. The fourth-order valence-corrected chi connectivity index (χ4v) is 1.41. The second-order valence-electron chi connectivity index (χ2n) is 4.17. The molecule has 1 aliphatic carbocycles. The number of hydrogen-bond acceptors (Lipinski definition) is 3. The first-order valence-electron chi connectivity index (χ1n) is 5.48. The zero-order valence-electron chi connectivity index (χ0n) is 9.58. The van der Waals surface area contributed by atoms with Crippen LogP contribution in [0.5, 0.6) is 0 Å². The topological polar surface area (TPSA) is 55.4 Å². The molecule has 0 spiro atoms. The number of esters is 1. The maximum absolute atomic E-state index is 11.5. The first kappa shape index (κ1) is 12.0. The molecule has 1 aliphatic rings. The van der Waals surface area contributed by atoms with Crippen LogP contribution in [0, 0.1) is 11.8 Å². The van der Waals surface area contributed by atoms with Crippen molar-refractivity contribution in [3.05, 3.63) is 0 Å². The monoisotopic (exact) mass is 213 g/mol. The van der Waals surface area contributed by atoms with Gasteiger partial charge < -0.3 is 10.1 Å². The van der Waals surface area contributed by atoms with E-state index >= 15 is 0 Å². The maximum Gasteiger partial charge on any atom is 0.328 e. The third-order valence-corrected chi connectivity index (χ3v) is 2.91. The van der Waals surface area contributed by atoms with Crippen molar-refractivity contribution in [3.63, 3.8) is 0 Å². The van der Waals surface area contributed by atoms with Gasteiger partial charge >= 0.3 is 5.97 Å². The summed E-state index contributed by atoms with van der Waals surface area (Å²) >= 11 is 0. The standard InChI is InChI=1S/C11H19NO3/c1-4-7(2)9(11(14)15-3)12-10(13)8-5-6-8/h7-9H,4-6H2,1-3H3,(H,12,13)/t7-,9+/m0/s1. The highest BCUT2D eigenvalue weighted by Gasteiger charge is 2.34. The average Bonchev–Trinajstić information content (AvgIpc) is 3.07. The molecule has 0 aromatic carbocycles. The Morgan fingerprint density at radius 2 is 2.07 bits per heavy atom. The van der Waals surface area contributed by atoms with Crippen LogP contribution in [0.3, 0.4) is 0 Å². The lowest BCUT2D eigenvalue weighted by Crippen LogP contribution is -2.46. The van der Waals surface area contributed by atoms with Gasteiger partial charge in [-0.3, -0.25) is 4.79 Å². The number of hydrogen-bond donors (Lipinski definition) is 1. The number of ether oxygens (including phenoxy) is 1. The first-order chi connectivity index (χ1) is 7.10.